The Labute approximate surface area is 97.1 Å². The Morgan fingerprint density at radius 2 is 2.12 bits per heavy atom. The molecular weight excluding hydrogens is 204 g/mol. The highest BCUT2D eigenvalue weighted by Gasteiger charge is 2.03. The quantitative estimate of drug-likeness (QED) is 0.453. The number of carbonyl (C=O) groups excluding carboxylic acids is 1. The first-order valence-corrected chi connectivity index (χ1v) is 5.45. The Morgan fingerprint density at radius 3 is 2.62 bits per heavy atom. The Balaban J connectivity index is 4.50. The van der Waals surface area contributed by atoms with Gasteiger partial charge in [-0.2, -0.15) is 0 Å². The van der Waals surface area contributed by atoms with Crippen LogP contribution in [-0.4, -0.2) is 18.5 Å². The maximum Gasteiger partial charge on any atom is 0.296 e. The van der Waals surface area contributed by atoms with Crippen molar-refractivity contribution in [2.24, 2.45) is 4.99 Å². The number of aliphatic imine (C=N–C) groups is 1. The van der Waals surface area contributed by atoms with E-state index in [9.17, 15) is 4.79 Å². The molecule has 4 nitrogen and oxygen atoms in total. The highest BCUT2D eigenvalue weighted by Crippen LogP contribution is 1.95. The maximum atomic E-state index is 11.4. The Morgan fingerprint density at radius 1 is 1.44 bits per heavy atom. The van der Waals surface area contributed by atoms with Gasteiger partial charge in [-0.1, -0.05) is 19.1 Å². The van der Waals surface area contributed by atoms with Gasteiger partial charge in [-0.05, 0) is 33.3 Å². The Bertz CT molecular complexity index is 304. The number of ether oxygens (including phenoxy) is 1. The van der Waals surface area contributed by atoms with Gasteiger partial charge in [0.15, 0.2) is 0 Å². The lowest BCUT2D eigenvalue weighted by molar-refractivity contribution is -0.115. The molecule has 0 rings (SSSR count). The molecule has 0 bridgehead atoms. The van der Waals surface area contributed by atoms with Crippen LogP contribution in [0.3, 0.4) is 0 Å². The second kappa shape index (κ2) is 8.71. The zero-order valence-corrected chi connectivity index (χ0v) is 10.4. The normalized spacial score (nSPS) is 13.0. The fraction of sp³-hybridized carbons (Fsp3) is 0.500. The lowest BCUT2D eigenvalue weighted by atomic mass is 10.4. The number of hydrogen-bond acceptors (Lipinski definition) is 3. The third kappa shape index (κ3) is 6.81. The zero-order valence-electron chi connectivity index (χ0n) is 10.4. The van der Waals surface area contributed by atoms with Gasteiger partial charge in [0.1, 0.15) is 0 Å². The van der Waals surface area contributed by atoms with Crippen LogP contribution < -0.4 is 5.32 Å². The van der Waals surface area contributed by atoms with Crippen LogP contribution in [0.15, 0.2) is 28.9 Å². The molecule has 16 heavy (non-hydrogen) atoms. The highest BCUT2D eigenvalue weighted by molar-refractivity contribution is 6.00. The first-order chi connectivity index (χ1) is 7.63. The van der Waals surface area contributed by atoms with E-state index in [-0.39, 0.29) is 11.9 Å². The van der Waals surface area contributed by atoms with Gasteiger partial charge in [0, 0.05) is 5.70 Å². The van der Waals surface area contributed by atoms with Crippen LogP contribution in [-0.2, 0) is 9.53 Å². The molecular formula is C12H20N2O2. The summed E-state index contributed by atoms with van der Waals surface area (Å²) in [6.45, 7) is 7.99. The summed E-state index contributed by atoms with van der Waals surface area (Å²) >= 11 is 0. The van der Waals surface area contributed by atoms with E-state index < -0.39 is 0 Å². The van der Waals surface area contributed by atoms with Gasteiger partial charge in [-0.3, -0.25) is 10.1 Å². The summed E-state index contributed by atoms with van der Waals surface area (Å²) in [5.41, 5.74) is 0.795. The predicted molar refractivity (Wildman–Crippen MR) is 66.1 cm³/mol. The van der Waals surface area contributed by atoms with Crippen molar-refractivity contribution in [3.63, 3.8) is 0 Å². The fourth-order valence-corrected chi connectivity index (χ4v) is 0.830. The molecule has 0 fully saturated rings. The summed E-state index contributed by atoms with van der Waals surface area (Å²) in [6.07, 6.45) is 5.91. The molecule has 0 aliphatic heterocycles. The number of carbonyl (C=O) groups is 1. The first kappa shape index (κ1) is 14.4. The van der Waals surface area contributed by atoms with Gasteiger partial charge >= 0.3 is 0 Å². The number of amidine groups is 1. The third-order valence-corrected chi connectivity index (χ3v) is 1.71. The fourth-order valence-electron chi connectivity index (χ4n) is 0.830. The molecule has 0 spiro atoms. The summed E-state index contributed by atoms with van der Waals surface area (Å²) in [5.74, 6) is -0.224. The minimum atomic E-state index is -0.224. The zero-order chi connectivity index (χ0) is 12.4. The van der Waals surface area contributed by atoms with Crippen molar-refractivity contribution in [3.05, 3.63) is 23.9 Å². The van der Waals surface area contributed by atoms with Crippen molar-refractivity contribution in [2.75, 3.05) is 6.61 Å². The van der Waals surface area contributed by atoms with Gasteiger partial charge < -0.3 is 4.74 Å². The van der Waals surface area contributed by atoms with Crippen LogP contribution >= 0.6 is 0 Å². The summed E-state index contributed by atoms with van der Waals surface area (Å²) in [4.78, 5) is 15.5. The Hall–Kier alpha value is -1.58. The summed E-state index contributed by atoms with van der Waals surface area (Å²) in [6, 6.07) is 0.240. The minimum Gasteiger partial charge on any atom is -0.465 e. The molecule has 0 saturated carbocycles. The molecule has 0 unspecified atom stereocenters. The van der Waals surface area contributed by atoms with E-state index in [2.05, 4.69) is 10.3 Å². The molecule has 4 heteroatoms. The molecule has 0 aromatic rings. The van der Waals surface area contributed by atoms with E-state index in [1.165, 1.54) is 6.08 Å². The van der Waals surface area contributed by atoms with Crippen LogP contribution in [0.25, 0.3) is 0 Å². The predicted octanol–water partition coefficient (Wildman–Crippen LogP) is 2.39. The van der Waals surface area contributed by atoms with E-state index in [4.69, 9.17) is 4.74 Å². The van der Waals surface area contributed by atoms with Gasteiger partial charge in [0.2, 0.25) is 0 Å². The molecule has 0 heterocycles. The van der Waals surface area contributed by atoms with Crippen molar-refractivity contribution < 1.29 is 9.53 Å². The van der Waals surface area contributed by atoms with Gasteiger partial charge in [-0.15, -0.1) is 0 Å². The average molecular weight is 224 g/mol. The van der Waals surface area contributed by atoms with E-state index >= 15 is 0 Å². The van der Waals surface area contributed by atoms with E-state index in [1.807, 2.05) is 33.8 Å². The largest absolute Gasteiger partial charge is 0.465 e. The molecule has 0 radical (unpaired) electrons. The van der Waals surface area contributed by atoms with Crippen LogP contribution in [0.5, 0.6) is 0 Å². The highest BCUT2D eigenvalue weighted by atomic mass is 16.5. The van der Waals surface area contributed by atoms with E-state index in [1.54, 1.807) is 6.08 Å². The number of amides is 1. The average Bonchev–Trinajstić information content (AvgIpc) is 2.26. The second-order valence-corrected chi connectivity index (χ2v) is 3.08. The molecule has 0 aromatic heterocycles. The number of allylic oxidation sites excluding steroid dienone is 3. The molecule has 90 valence electrons. The van der Waals surface area contributed by atoms with Crippen molar-refractivity contribution in [2.45, 2.75) is 34.1 Å². The van der Waals surface area contributed by atoms with Crippen LogP contribution in [0.2, 0.25) is 0 Å². The maximum absolute atomic E-state index is 11.4. The van der Waals surface area contributed by atoms with Crippen LogP contribution in [0.4, 0.5) is 0 Å². The van der Waals surface area contributed by atoms with Gasteiger partial charge in [-0.25, -0.2) is 4.99 Å². The van der Waals surface area contributed by atoms with Crippen LogP contribution in [0.1, 0.15) is 34.1 Å². The molecule has 0 aliphatic carbocycles. The number of hydrogen-bond donors (Lipinski definition) is 1. The van der Waals surface area contributed by atoms with Crippen LogP contribution in [0, 0.1) is 0 Å². The Kier molecular flexibility index (Phi) is 7.85. The van der Waals surface area contributed by atoms with E-state index in [0.29, 0.717) is 6.61 Å². The second-order valence-electron chi connectivity index (χ2n) is 3.08. The standard InChI is InChI=1S/C12H20N2O2/c1-5-8-9-11(15)14-12(16-7-3)13-10(4)6-2/h6,8-9H,5,7H2,1-4H3,(H,13,14,15)/b9-8+,10-6+. The molecule has 0 saturated heterocycles. The minimum absolute atomic E-state index is 0.224. The molecule has 0 aromatic carbocycles. The van der Waals surface area contributed by atoms with E-state index in [0.717, 1.165) is 12.1 Å². The summed E-state index contributed by atoms with van der Waals surface area (Å²) in [5, 5.41) is 2.58. The first-order valence-electron chi connectivity index (χ1n) is 5.45. The smallest absolute Gasteiger partial charge is 0.296 e. The SMILES string of the molecule is C/C=C(C)/N=C(\NC(=O)/C=C/CC)OCC. The number of nitrogens with one attached hydrogen (secondary N) is 1. The van der Waals surface area contributed by atoms with Crippen molar-refractivity contribution in [3.8, 4) is 0 Å². The summed E-state index contributed by atoms with van der Waals surface area (Å²) < 4.78 is 5.21. The molecule has 1 amide bonds. The monoisotopic (exact) mass is 224 g/mol. The van der Waals surface area contributed by atoms with Crippen molar-refractivity contribution >= 4 is 11.9 Å². The lowest BCUT2D eigenvalue weighted by Crippen LogP contribution is -2.31. The molecule has 1 N–H and O–H groups in total. The van der Waals surface area contributed by atoms with Gasteiger partial charge in [0.05, 0.1) is 6.61 Å². The molecule has 0 aliphatic rings. The summed E-state index contributed by atoms with van der Waals surface area (Å²) in [7, 11) is 0. The van der Waals surface area contributed by atoms with Crippen molar-refractivity contribution in [1.82, 2.24) is 5.32 Å². The van der Waals surface area contributed by atoms with Crippen molar-refractivity contribution in [1.29, 1.82) is 0 Å². The number of rotatable bonds is 4. The molecule has 0 atom stereocenters. The van der Waals surface area contributed by atoms with Gasteiger partial charge in [0.25, 0.3) is 11.9 Å². The topological polar surface area (TPSA) is 50.7 Å². The number of nitrogens with zero attached hydrogens (tertiary/aromatic N) is 1. The third-order valence-electron chi connectivity index (χ3n) is 1.71. The lowest BCUT2D eigenvalue weighted by Gasteiger charge is -2.07.